The second-order valence-corrected chi connectivity index (χ2v) is 20.6. The molecule has 0 amide bonds. The number of ether oxygens (including phenoxy) is 1. The van der Waals surface area contributed by atoms with Gasteiger partial charge in [-0.1, -0.05) is 39.8 Å². The smallest absolute Gasteiger partial charge is 0.132 e. The highest BCUT2D eigenvalue weighted by Crippen LogP contribution is 2.51. The normalized spacial score (nSPS) is 15.9. The van der Waals surface area contributed by atoms with Crippen LogP contribution in [0.4, 0.5) is 54.8 Å². The molecule has 69 heavy (non-hydrogen) atoms. The molecule has 2 aromatic heterocycles. The Labute approximate surface area is 410 Å². The van der Waals surface area contributed by atoms with Crippen LogP contribution >= 0.6 is 22.6 Å². The van der Waals surface area contributed by atoms with Crippen molar-refractivity contribution in [1.82, 2.24) is 9.97 Å². The second-order valence-electron chi connectivity index (χ2n) is 19.3. The summed E-state index contributed by atoms with van der Waals surface area (Å²) in [5.74, 6) is -3.11. The fraction of sp³-hybridized carbons (Fsp3) is 0.250. The Bertz CT molecular complexity index is 3370. The molecular weight excluding hydrogens is 1000 g/mol. The molecule has 6 aromatic carbocycles. The topological polar surface area (TPSA) is 44.7 Å². The first-order chi connectivity index (χ1) is 32.9. The van der Waals surface area contributed by atoms with Crippen LogP contribution in [0, 0.1) is 52.3 Å². The lowest BCUT2D eigenvalue weighted by Crippen LogP contribution is -2.36. The maximum absolute atomic E-state index is 14.9. The Hall–Kier alpha value is -6.19. The highest BCUT2D eigenvalue weighted by molar-refractivity contribution is 14.1. The summed E-state index contributed by atoms with van der Waals surface area (Å²) in [6, 6.07) is 28.5. The number of aromatic nitrogens is 2. The van der Waals surface area contributed by atoms with Gasteiger partial charge in [-0.3, -0.25) is 0 Å². The van der Waals surface area contributed by atoms with Crippen molar-refractivity contribution in [3.8, 4) is 22.5 Å². The van der Waals surface area contributed by atoms with Crippen molar-refractivity contribution in [3.05, 3.63) is 170 Å². The number of nitrogens with zero attached hydrogens (tertiary/aromatic N) is 5. The molecule has 0 radical (unpaired) electrons. The fourth-order valence-electron chi connectivity index (χ4n) is 10.4. The van der Waals surface area contributed by atoms with Crippen molar-refractivity contribution < 1.29 is 31.1 Å². The van der Waals surface area contributed by atoms with Gasteiger partial charge in [0.2, 0.25) is 0 Å². The summed E-state index contributed by atoms with van der Waals surface area (Å²) in [5, 5.41) is 1.53. The number of morpholine rings is 1. The highest BCUT2D eigenvalue weighted by Gasteiger charge is 2.39. The molecule has 0 spiro atoms. The van der Waals surface area contributed by atoms with Gasteiger partial charge in [0.05, 0.1) is 47.0 Å². The van der Waals surface area contributed by atoms with Crippen molar-refractivity contribution in [2.45, 2.75) is 52.4 Å². The summed E-state index contributed by atoms with van der Waals surface area (Å²) in [7, 11) is 0. The monoisotopic (exact) mass is 1050 g/mol. The molecule has 0 aliphatic carbocycles. The lowest BCUT2D eigenvalue weighted by molar-refractivity contribution is 0.122. The Morgan fingerprint density at radius 1 is 0.522 bits per heavy atom. The van der Waals surface area contributed by atoms with Gasteiger partial charge in [-0.2, -0.15) is 0 Å². The summed E-state index contributed by atoms with van der Waals surface area (Å²) in [6.45, 7) is 16.9. The standard InChI is InChI=1S/C30H28F3N3O.C26H20F3IN2/c1-18-28(23-14-19(31)5-9-25(23)33)34-26-15-20(32)4-7-22(26)29(18)36-17-30(2,3)24-8-6-21(16-27(24)36)35-10-12-37-13-11-35;1-14-24(19-10-15(27)5-9-21(19)29)31-22-11-16(28)4-7-18(22)25(14)32-13-26(2,3)20-8-6-17(30)12-23(20)32/h4-9,14-16H,10-13,17H2,1-3H3;4-12H,13H2,1-3H3. The molecule has 5 heterocycles. The van der Waals surface area contributed by atoms with Crippen LogP contribution in [0.5, 0.6) is 0 Å². The average molecular weight is 1050 g/mol. The molecule has 1 fully saturated rings. The van der Waals surface area contributed by atoms with Gasteiger partial charge in [-0.15, -0.1) is 0 Å². The summed E-state index contributed by atoms with van der Waals surface area (Å²) in [5.41, 5.74) is 10.0. The predicted octanol–water partition coefficient (Wildman–Crippen LogP) is 14.6. The zero-order valence-electron chi connectivity index (χ0n) is 38.9. The van der Waals surface area contributed by atoms with E-state index >= 15 is 0 Å². The van der Waals surface area contributed by atoms with Crippen LogP contribution in [0.3, 0.4) is 0 Å². The third-order valence-electron chi connectivity index (χ3n) is 13.7. The molecule has 13 heteroatoms. The molecule has 6 nitrogen and oxygen atoms in total. The van der Waals surface area contributed by atoms with Crippen molar-refractivity contribution in [1.29, 1.82) is 0 Å². The van der Waals surface area contributed by atoms with E-state index in [9.17, 15) is 26.3 Å². The number of hydrogen-bond donors (Lipinski definition) is 0. The molecule has 3 aliphatic heterocycles. The Kier molecular flexibility index (Phi) is 11.9. The molecule has 0 N–H and O–H groups in total. The van der Waals surface area contributed by atoms with Crippen molar-refractivity contribution in [3.63, 3.8) is 0 Å². The van der Waals surface area contributed by atoms with Gasteiger partial charge in [0, 0.05) is 91.7 Å². The molecule has 0 atom stereocenters. The van der Waals surface area contributed by atoms with Crippen LogP contribution in [0.15, 0.2) is 109 Å². The first-order valence-corrected chi connectivity index (χ1v) is 23.9. The number of rotatable bonds is 5. The van der Waals surface area contributed by atoms with E-state index in [0.29, 0.717) is 54.3 Å². The Morgan fingerprint density at radius 2 is 0.957 bits per heavy atom. The first-order valence-electron chi connectivity index (χ1n) is 22.8. The molecular formula is C56H48F6IN5O. The van der Waals surface area contributed by atoms with Gasteiger partial charge in [0.25, 0.3) is 0 Å². The third kappa shape index (κ3) is 8.44. The zero-order valence-corrected chi connectivity index (χ0v) is 41.1. The number of benzene rings is 6. The molecule has 8 aromatic rings. The zero-order chi connectivity index (χ0) is 48.7. The summed E-state index contributed by atoms with van der Waals surface area (Å²) in [4.78, 5) is 16.0. The number of hydrogen-bond acceptors (Lipinski definition) is 6. The van der Waals surface area contributed by atoms with E-state index in [1.807, 2.05) is 13.8 Å². The van der Waals surface area contributed by atoms with Gasteiger partial charge in [-0.25, -0.2) is 36.3 Å². The van der Waals surface area contributed by atoms with Crippen LogP contribution in [-0.2, 0) is 15.6 Å². The van der Waals surface area contributed by atoms with E-state index in [-0.39, 0.29) is 22.0 Å². The van der Waals surface area contributed by atoms with E-state index in [0.717, 1.165) is 97.8 Å². The summed E-state index contributed by atoms with van der Waals surface area (Å²) in [6.07, 6.45) is 0. The molecule has 0 unspecified atom stereocenters. The summed E-state index contributed by atoms with van der Waals surface area (Å²) < 4.78 is 93.0. The number of fused-ring (bicyclic) bond motifs is 4. The fourth-order valence-corrected chi connectivity index (χ4v) is 10.8. The van der Waals surface area contributed by atoms with Crippen molar-refractivity contribution in [2.75, 3.05) is 54.1 Å². The SMILES string of the molecule is Cc1c(-c2cc(F)ccc2F)nc2cc(F)ccc2c1N1CC(C)(C)c2ccc(I)cc21.Cc1c(-c2cc(F)ccc2F)nc2cc(F)ccc2c1N1CC(C)(C)c2ccc(N3CCOCC3)cc21. The third-order valence-corrected chi connectivity index (χ3v) is 14.4. The Morgan fingerprint density at radius 3 is 1.45 bits per heavy atom. The maximum atomic E-state index is 14.9. The van der Waals surface area contributed by atoms with Gasteiger partial charge in [0.1, 0.15) is 34.9 Å². The largest absolute Gasteiger partial charge is 0.378 e. The molecule has 1 saturated heterocycles. The molecule has 0 bridgehead atoms. The van der Waals surface area contributed by atoms with Crippen LogP contribution in [-0.4, -0.2) is 49.4 Å². The molecule has 0 saturated carbocycles. The quantitative estimate of drug-likeness (QED) is 0.126. The highest BCUT2D eigenvalue weighted by atomic mass is 127. The predicted molar refractivity (Wildman–Crippen MR) is 272 cm³/mol. The lowest BCUT2D eigenvalue weighted by atomic mass is 9.87. The minimum atomic E-state index is -0.574. The number of pyridine rings is 2. The molecule has 3 aliphatic rings. The lowest BCUT2D eigenvalue weighted by Gasteiger charge is -2.30. The minimum Gasteiger partial charge on any atom is -0.378 e. The average Bonchev–Trinajstić information content (AvgIpc) is 3.74. The Balaban J connectivity index is 0.000000162. The van der Waals surface area contributed by atoms with Gasteiger partial charge >= 0.3 is 0 Å². The number of halogens is 7. The van der Waals surface area contributed by atoms with Gasteiger partial charge < -0.3 is 19.4 Å². The molecule has 352 valence electrons. The van der Waals surface area contributed by atoms with E-state index in [2.05, 4.69) is 111 Å². The number of anilines is 5. The van der Waals surface area contributed by atoms with Crippen LogP contribution < -0.4 is 14.7 Å². The van der Waals surface area contributed by atoms with Crippen molar-refractivity contribution in [2.24, 2.45) is 0 Å². The van der Waals surface area contributed by atoms with Crippen molar-refractivity contribution >= 4 is 72.8 Å². The molecule has 11 rings (SSSR count). The van der Waals surface area contributed by atoms with Crippen LogP contribution in [0.2, 0.25) is 0 Å². The second kappa shape index (κ2) is 17.6. The summed E-state index contributed by atoms with van der Waals surface area (Å²) >= 11 is 2.29. The van der Waals surface area contributed by atoms with E-state index in [4.69, 9.17) is 4.74 Å². The van der Waals surface area contributed by atoms with Gasteiger partial charge in [-0.05, 0) is 144 Å². The van der Waals surface area contributed by atoms with E-state index in [1.165, 1.54) is 35.4 Å². The maximum Gasteiger partial charge on any atom is 0.132 e. The minimum absolute atomic E-state index is 0.0608. The van der Waals surface area contributed by atoms with E-state index < -0.39 is 34.9 Å². The van der Waals surface area contributed by atoms with Crippen LogP contribution in [0.25, 0.3) is 44.3 Å². The first kappa shape index (κ1) is 46.5. The van der Waals surface area contributed by atoms with Crippen LogP contribution in [0.1, 0.15) is 49.9 Å². The van der Waals surface area contributed by atoms with E-state index in [1.54, 1.807) is 12.1 Å². The van der Waals surface area contributed by atoms with Gasteiger partial charge in [0.15, 0.2) is 0 Å².